The third kappa shape index (κ3) is 4.48. The molecule has 0 fully saturated rings. The number of carbonyl (C=O) groups excluding carboxylic acids is 1. The Morgan fingerprint density at radius 1 is 1.26 bits per heavy atom. The van der Waals surface area contributed by atoms with E-state index in [1.165, 1.54) is 0 Å². The van der Waals surface area contributed by atoms with Crippen molar-refractivity contribution in [2.24, 2.45) is 0 Å². The van der Waals surface area contributed by atoms with E-state index < -0.39 is 0 Å². The van der Waals surface area contributed by atoms with Crippen LogP contribution >= 0.6 is 0 Å². The zero-order valence-electron chi connectivity index (χ0n) is 14.1. The van der Waals surface area contributed by atoms with E-state index in [4.69, 9.17) is 5.73 Å². The first-order valence-corrected chi connectivity index (χ1v) is 7.66. The first-order chi connectivity index (χ1) is 10.9. The molecule has 0 spiro atoms. The molecule has 0 aliphatic rings. The maximum absolute atomic E-state index is 12.3. The number of nitrogens with two attached hydrogens (primary N) is 1. The van der Waals surface area contributed by atoms with Crippen molar-refractivity contribution < 1.29 is 4.79 Å². The highest BCUT2D eigenvalue weighted by atomic mass is 16.1. The zero-order chi connectivity index (χ0) is 17.0. The molecule has 2 heterocycles. The van der Waals surface area contributed by atoms with Gasteiger partial charge in [-0.15, -0.1) is 0 Å². The predicted octanol–water partition coefficient (Wildman–Crippen LogP) is 1.67. The topological polar surface area (TPSA) is 93.8 Å². The number of hydrogen-bond acceptors (Lipinski definition) is 5. The fourth-order valence-electron chi connectivity index (χ4n) is 2.58. The van der Waals surface area contributed by atoms with E-state index in [-0.39, 0.29) is 24.3 Å². The summed E-state index contributed by atoms with van der Waals surface area (Å²) >= 11 is 0. The van der Waals surface area contributed by atoms with Crippen LogP contribution in [-0.4, -0.2) is 26.9 Å². The minimum absolute atomic E-state index is 0.00594. The lowest BCUT2D eigenvalue weighted by molar-refractivity contribution is -0.121. The molecule has 0 saturated carbocycles. The number of anilines is 1. The van der Waals surface area contributed by atoms with Gasteiger partial charge in [0, 0.05) is 41.3 Å². The number of carbonyl (C=O) groups is 1. The van der Waals surface area contributed by atoms with Crippen LogP contribution in [0, 0.1) is 20.8 Å². The van der Waals surface area contributed by atoms with Crippen LogP contribution < -0.4 is 11.1 Å². The molecular formula is C17H23N5O. The van der Waals surface area contributed by atoms with Crippen molar-refractivity contribution in [3.63, 3.8) is 0 Å². The number of hydrogen-bond donors (Lipinski definition) is 2. The van der Waals surface area contributed by atoms with Gasteiger partial charge in [-0.25, -0.2) is 9.97 Å². The maximum Gasteiger partial charge on any atom is 0.224 e. The zero-order valence-corrected chi connectivity index (χ0v) is 14.1. The average molecular weight is 313 g/mol. The molecule has 2 aromatic heterocycles. The number of nitrogens with one attached hydrogen (secondary N) is 1. The molecule has 2 aromatic rings. The van der Waals surface area contributed by atoms with Crippen molar-refractivity contribution in [2.45, 2.75) is 46.6 Å². The Kier molecular flexibility index (Phi) is 5.26. The molecule has 23 heavy (non-hydrogen) atoms. The number of amides is 1. The van der Waals surface area contributed by atoms with Crippen molar-refractivity contribution in [1.29, 1.82) is 0 Å². The molecule has 1 atom stereocenters. The van der Waals surface area contributed by atoms with Gasteiger partial charge in [0.2, 0.25) is 11.9 Å². The van der Waals surface area contributed by atoms with Crippen LogP contribution in [0.1, 0.15) is 35.1 Å². The van der Waals surface area contributed by atoms with Crippen molar-refractivity contribution in [3.05, 3.63) is 46.5 Å². The summed E-state index contributed by atoms with van der Waals surface area (Å²) in [6.07, 6.45) is 2.73. The minimum atomic E-state index is -0.0503. The van der Waals surface area contributed by atoms with Crippen LogP contribution in [0.25, 0.3) is 0 Å². The molecule has 0 bridgehead atoms. The minimum Gasteiger partial charge on any atom is -0.368 e. The standard InChI is InChI=1S/C17H23N5O/c1-10-6-5-7-19-15(10)8-11(2)20-16(23)9-14-12(3)21-17(18)22-13(14)4/h5-7,11H,8-9H2,1-4H3,(H,20,23)(H2,18,21,22). The number of pyridine rings is 1. The van der Waals surface area contributed by atoms with Gasteiger partial charge in [0.25, 0.3) is 0 Å². The predicted molar refractivity (Wildman–Crippen MR) is 89.9 cm³/mol. The SMILES string of the molecule is Cc1cccnc1CC(C)NC(=O)Cc1c(C)nc(N)nc1C. The van der Waals surface area contributed by atoms with Gasteiger partial charge in [0.1, 0.15) is 0 Å². The van der Waals surface area contributed by atoms with E-state index in [2.05, 4.69) is 20.3 Å². The first kappa shape index (κ1) is 16.9. The Morgan fingerprint density at radius 3 is 2.52 bits per heavy atom. The van der Waals surface area contributed by atoms with Gasteiger partial charge in [-0.3, -0.25) is 9.78 Å². The quantitative estimate of drug-likeness (QED) is 0.875. The smallest absolute Gasteiger partial charge is 0.224 e. The van der Waals surface area contributed by atoms with E-state index in [1.807, 2.05) is 39.8 Å². The van der Waals surface area contributed by atoms with E-state index in [0.717, 1.165) is 28.2 Å². The second-order valence-corrected chi connectivity index (χ2v) is 5.85. The van der Waals surface area contributed by atoms with Crippen LogP contribution in [0.5, 0.6) is 0 Å². The van der Waals surface area contributed by atoms with E-state index in [0.29, 0.717) is 6.42 Å². The number of aromatic nitrogens is 3. The maximum atomic E-state index is 12.3. The van der Waals surface area contributed by atoms with Gasteiger partial charge < -0.3 is 11.1 Å². The van der Waals surface area contributed by atoms with Gasteiger partial charge in [-0.1, -0.05) is 6.07 Å². The normalized spacial score (nSPS) is 12.0. The molecular weight excluding hydrogens is 290 g/mol. The summed E-state index contributed by atoms with van der Waals surface area (Å²) in [6.45, 7) is 7.68. The summed E-state index contributed by atoms with van der Waals surface area (Å²) in [6, 6.07) is 3.94. The fraction of sp³-hybridized carbons (Fsp3) is 0.412. The summed E-state index contributed by atoms with van der Waals surface area (Å²) in [5, 5.41) is 3.01. The van der Waals surface area contributed by atoms with E-state index >= 15 is 0 Å². The first-order valence-electron chi connectivity index (χ1n) is 7.66. The van der Waals surface area contributed by atoms with Crippen molar-refractivity contribution >= 4 is 11.9 Å². The lowest BCUT2D eigenvalue weighted by Gasteiger charge is -2.16. The van der Waals surface area contributed by atoms with Gasteiger partial charge >= 0.3 is 0 Å². The monoisotopic (exact) mass is 313 g/mol. The molecule has 0 saturated heterocycles. The third-order valence-corrected chi connectivity index (χ3v) is 3.80. The number of rotatable bonds is 5. The number of aryl methyl sites for hydroxylation is 3. The van der Waals surface area contributed by atoms with Crippen LogP contribution in [0.3, 0.4) is 0 Å². The molecule has 0 aliphatic heterocycles. The molecule has 1 unspecified atom stereocenters. The van der Waals surface area contributed by atoms with Crippen molar-refractivity contribution in [3.8, 4) is 0 Å². The highest BCUT2D eigenvalue weighted by molar-refractivity contribution is 5.79. The van der Waals surface area contributed by atoms with Crippen LogP contribution in [-0.2, 0) is 17.6 Å². The fourth-order valence-corrected chi connectivity index (χ4v) is 2.58. The van der Waals surface area contributed by atoms with E-state index in [9.17, 15) is 4.79 Å². The molecule has 1 amide bonds. The third-order valence-electron chi connectivity index (χ3n) is 3.80. The highest BCUT2D eigenvalue weighted by Gasteiger charge is 2.14. The molecule has 0 aromatic carbocycles. The summed E-state index contributed by atoms with van der Waals surface area (Å²) < 4.78 is 0. The largest absolute Gasteiger partial charge is 0.368 e. The Bertz CT molecular complexity index is 691. The Hall–Kier alpha value is -2.50. The summed E-state index contributed by atoms with van der Waals surface area (Å²) in [5.74, 6) is 0.189. The van der Waals surface area contributed by atoms with Crippen LogP contribution in [0.2, 0.25) is 0 Å². The summed E-state index contributed by atoms with van der Waals surface area (Å²) in [4.78, 5) is 24.9. The van der Waals surface area contributed by atoms with Crippen LogP contribution in [0.15, 0.2) is 18.3 Å². The highest BCUT2D eigenvalue weighted by Crippen LogP contribution is 2.12. The lowest BCUT2D eigenvalue weighted by Crippen LogP contribution is -2.35. The lowest BCUT2D eigenvalue weighted by atomic mass is 10.1. The van der Waals surface area contributed by atoms with E-state index in [1.54, 1.807) is 6.20 Å². The summed E-state index contributed by atoms with van der Waals surface area (Å²) in [7, 11) is 0. The Morgan fingerprint density at radius 2 is 1.91 bits per heavy atom. The molecule has 6 nitrogen and oxygen atoms in total. The van der Waals surface area contributed by atoms with Gasteiger partial charge in [0.15, 0.2) is 0 Å². The second kappa shape index (κ2) is 7.17. The Balaban J connectivity index is 1.98. The number of nitrogens with zero attached hydrogens (tertiary/aromatic N) is 3. The molecule has 0 aliphatic carbocycles. The molecule has 3 N–H and O–H groups in total. The number of nitrogen functional groups attached to an aromatic ring is 1. The van der Waals surface area contributed by atoms with Crippen molar-refractivity contribution in [2.75, 3.05) is 5.73 Å². The summed E-state index contributed by atoms with van der Waals surface area (Å²) in [5.41, 5.74) is 10.1. The van der Waals surface area contributed by atoms with Gasteiger partial charge in [-0.05, 0) is 39.3 Å². The molecule has 122 valence electrons. The second-order valence-electron chi connectivity index (χ2n) is 5.85. The van der Waals surface area contributed by atoms with Crippen molar-refractivity contribution in [1.82, 2.24) is 20.3 Å². The van der Waals surface area contributed by atoms with Gasteiger partial charge in [0.05, 0.1) is 6.42 Å². The molecule has 0 radical (unpaired) electrons. The molecule has 6 heteroatoms. The van der Waals surface area contributed by atoms with Gasteiger partial charge in [-0.2, -0.15) is 0 Å². The average Bonchev–Trinajstić information content (AvgIpc) is 2.45. The molecule has 2 rings (SSSR count). The van der Waals surface area contributed by atoms with Crippen LogP contribution in [0.4, 0.5) is 5.95 Å². The Labute approximate surface area is 136 Å².